The van der Waals surface area contributed by atoms with Gasteiger partial charge in [0.15, 0.2) is 0 Å². The van der Waals surface area contributed by atoms with Gasteiger partial charge in [-0.05, 0) is 57.0 Å². The van der Waals surface area contributed by atoms with E-state index in [4.69, 9.17) is 11.6 Å². The second kappa shape index (κ2) is 7.09. The Bertz CT molecular complexity index is 1060. The van der Waals surface area contributed by atoms with Crippen molar-refractivity contribution in [3.63, 3.8) is 0 Å². The first-order valence-electron chi connectivity index (χ1n) is 9.39. The Morgan fingerprint density at radius 1 is 1.19 bits per heavy atom. The lowest BCUT2D eigenvalue weighted by molar-refractivity contribution is 0.111. The molecular formula is C20H23ClN4O2. The number of hydrogen-bond donors (Lipinski definition) is 2. The third kappa shape index (κ3) is 3.39. The van der Waals surface area contributed by atoms with E-state index >= 15 is 0 Å². The summed E-state index contributed by atoms with van der Waals surface area (Å²) in [6.07, 6.45) is 4.36. The third-order valence-electron chi connectivity index (χ3n) is 5.17. The van der Waals surface area contributed by atoms with Crippen molar-refractivity contribution in [2.75, 3.05) is 5.32 Å². The van der Waals surface area contributed by atoms with Crippen LogP contribution in [0.2, 0.25) is 5.02 Å². The highest BCUT2D eigenvalue weighted by molar-refractivity contribution is 6.31. The number of nitrogens with zero attached hydrogens (tertiary/aromatic N) is 3. The Morgan fingerprint density at radius 2 is 1.93 bits per heavy atom. The summed E-state index contributed by atoms with van der Waals surface area (Å²) < 4.78 is 1.78. The van der Waals surface area contributed by atoms with Gasteiger partial charge in [0, 0.05) is 34.1 Å². The summed E-state index contributed by atoms with van der Waals surface area (Å²) >= 11 is 6.16. The second-order valence-electron chi connectivity index (χ2n) is 7.56. The zero-order chi connectivity index (χ0) is 19.1. The molecule has 6 nitrogen and oxygen atoms in total. The highest BCUT2D eigenvalue weighted by Gasteiger charge is 2.25. The van der Waals surface area contributed by atoms with Crippen molar-refractivity contribution in [1.29, 1.82) is 0 Å². The van der Waals surface area contributed by atoms with Gasteiger partial charge in [-0.1, -0.05) is 17.7 Å². The molecule has 0 atom stereocenters. The molecule has 0 amide bonds. The van der Waals surface area contributed by atoms with Crippen molar-refractivity contribution in [1.82, 2.24) is 14.5 Å². The molecule has 0 bridgehead atoms. The second-order valence-corrected chi connectivity index (χ2v) is 7.99. The van der Waals surface area contributed by atoms with E-state index in [0.29, 0.717) is 34.8 Å². The van der Waals surface area contributed by atoms with Crippen LogP contribution in [0.5, 0.6) is 0 Å². The molecule has 2 heterocycles. The van der Waals surface area contributed by atoms with Crippen LogP contribution in [-0.4, -0.2) is 31.8 Å². The molecule has 3 aromatic rings. The van der Waals surface area contributed by atoms with Crippen molar-refractivity contribution >= 4 is 39.4 Å². The molecule has 1 aromatic carbocycles. The summed E-state index contributed by atoms with van der Waals surface area (Å²) in [6, 6.07) is 5.55. The first-order chi connectivity index (χ1) is 12.9. The van der Waals surface area contributed by atoms with Crippen molar-refractivity contribution in [3.8, 4) is 0 Å². The lowest BCUT2D eigenvalue weighted by atomic mass is 9.92. The Morgan fingerprint density at radius 3 is 2.63 bits per heavy atom. The van der Waals surface area contributed by atoms with Crippen LogP contribution in [0.3, 0.4) is 0 Å². The average Bonchev–Trinajstić information content (AvgIpc) is 2.63. The molecule has 27 heavy (non-hydrogen) atoms. The summed E-state index contributed by atoms with van der Waals surface area (Å²) in [7, 11) is 0. The zero-order valence-electron chi connectivity index (χ0n) is 15.4. The van der Waals surface area contributed by atoms with Gasteiger partial charge in [0.1, 0.15) is 5.65 Å². The molecule has 2 N–H and O–H groups in total. The monoisotopic (exact) mass is 386 g/mol. The lowest BCUT2D eigenvalue weighted by Crippen LogP contribution is -2.30. The van der Waals surface area contributed by atoms with Crippen LogP contribution in [0.1, 0.15) is 45.6 Å². The number of aromatic nitrogens is 3. The van der Waals surface area contributed by atoms with Crippen LogP contribution in [0, 0.1) is 0 Å². The van der Waals surface area contributed by atoms with Crippen molar-refractivity contribution in [2.24, 2.45) is 0 Å². The van der Waals surface area contributed by atoms with Crippen molar-refractivity contribution in [3.05, 3.63) is 39.8 Å². The molecule has 7 heteroatoms. The third-order valence-corrected chi connectivity index (χ3v) is 5.40. The number of halogens is 1. The molecule has 0 radical (unpaired) electrons. The van der Waals surface area contributed by atoms with Gasteiger partial charge in [0.05, 0.1) is 6.10 Å². The maximum Gasteiger partial charge on any atom is 0.260 e. The molecule has 4 rings (SSSR count). The van der Waals surface area contributed by atoms with Crippen LogP contribution in [0.25, 0.3) is 21.8 Å². The molecular weight excluding hydrogens is 364 g/mol. The van der Waals surface area contributed by atoms with E-state index in [2.05, 4.69) is 15.3 Å². The molecule has 1 fully saturated rings. The molecule has 1 saturated carbocycles. The van der Waals surface area contributed by atoms with E-state index in [9.17, 15) is 9.90 Å². The fraction of sp³-hybridized carbons (Fsp3) is 0.450. The SMILES string of the molecule is CC(C)Nc1ncc2c3ccc(Cl)cc3c(=O)n([C@H]3CC[C@H](O)CC3)c2n1. The largest absolute Gasteiger partial charge is 0.393 e. The minimum absolute atomic E-state index is 0.00795. The van der Waals surface area contributed by atoms with Crippen LogP contribution >= 0.6 is 11.6 Å². The highest BCUT2D eigenvalue weighted by Crippen LogP contribution is 2.32. The van der Waals surface area contributed by atoms with Crippen molar-refractivity contribution < 1.29 is 5.11 Å². The number of pyridine rings is 1. The smallest absolute Gasteiger partial charge is 0.260 e. The minimum atomic E-state index is -0.286. The van der Waals surface area contributed by atoms with Gasteiger partial charge < -0.3 is 10.4 Å². The van der Waals surface area contributed by atoms with Gasteiger partial charge >= 0.3 is 0 Å². The Labute approximate surface area is 162 Å². The fourth-order valence-corrected chi connectivity index (χ4v) is 4.06. The summed E-state index contributed by atoms with van der Waals surface area (Å²) in [6.45, 7) is 4.04. The predicted molar refractivity (Wildman–Crippen MR) is 109 cm³/mol. The van der Waals surface area contributed by atoms with E-state index in [1.807, 2.05) is 19.9 Å². The predicted octanol–water partition coefficient (Wildman–Crippen LogP) is 3.89. The van der Waals surface area contributed by atoms with E-state index in [1.54, 1.807) is 22.9 Å². The molecule has 2 aromatic heterocycles. The van der Waals surface area contributed by atoms with Gasteiger partial charge in [-0.15, -0.1) is 0 Å². The summed E-state index contributed by atoms with van der Waals surface area (Å²) in [5, 5.41) is 15.8. The molecule has 0 aliphatic heterocycles. The van der Waals surface area contributed by atoms with Crippen molar-refractivity contribution in [2.45, 2.75) is 57.7 Å². The standard InChI is InChI=1S/C20H23ClN4O2/c1-11(2)23-20-22-10-17-15-8-3-12(21)9-16(15)19(27)25(18(17)24-20)13-4-6-14(26)7-5-13/h3,8-11,13-14,26H,4-7H2,1-2H3,(H,22,23,24)/t13-,14-. The summed E-state index contributed by atoms with van der Waals surface area (Å²) in [4.78, 5) is 22.5. The summed E-state index contributed by atoms with van der Waals surface area (Å²) in [5.41, 5.74) is 0.546. The molecule has 0 saturated heterocycles. The minimum Gasteiger partial charge on any atom is -0.393 e. The van der Waals surface area contributed by atoms with Crippen LogP contribution in [-0.2, 0) is 0 Å². The van der Waals surface area contributed by atoms with E-state index in [1.165, 1.54) is 0 Å². The summed E-state index contributed by atoms with van der Waals surface area (Å²) in [5.74, 6) is 0.509. The molecule has 0 spiro atoms. The average molecular weight is 387 g/mol. The molecule has 142 valence electrons. The number of aliphatic hydroxyl groups excluding tert-OH is 1. The van der Waals surface area contributed by atoms with E-state index in [-0.39, 0.29) is 23.7 Å². The first-order valence-corrected chi connectivity index (χ1v) is 9.77. The Kier molecular flexibility index (Phi) is 4.78. The van der Waals surface area contributed by atoms with Gasteiger partial charge in [0.25, 0.3) is 5.56 Å². The van der Waals surface area contributed by atoms with E-state index in [0.717, 1.165) is 23.6 Å². The highest BCUT2D eigenvalue weighted by atomic mass is 35.5. The Hall–Kier alpha value is -2.18. The normalized spacial score (nSPS) is 20.5. The van der Waals surface area contributed by atoms with E-state index < -0.39 is 0 Å². The number of nitrogens with one attached hydrogen (secondary N) is 1. The van der Waals surface area contributed by atoms with Gasteiger partial charge in [-0.2, -0.15) is 4.98 Å². The van der Waals surface area contributed by atoms with Crippen LogP contribution < -0.4 is 10.9 Å². The zero-order valence-corrected chi connectivity index (χ0v) is 16.2. The lowest BCUT2D eigenvalue weighted by Gasteiger charge is -2.28. The maximum absolute atomic E-state index is 13.4. The van der Waals surface area contributed by atoms with Crippen LogP contribution in [0.15, 0.2) is 29.2 Å². The number of hydrogen-bond acceptors (Lipinski definition) is 5. The topological polar surface area (TPSA) is 80.0 Å². The molecule has 0 unspecified atom stereocenters. The first kappa shape index (κ1) is 18.2. The maximum atomic E-state index is 13.4. The number of rotatable bonds is 3. The fourth-order valence-electron chi connectivity index (χ4n) is 3.88. The van der Waals surface area contributed by atoms with Gasteiger partial charge in [0.2, 0.25) is 5.95 Å². The van der Waals surface area contributed by atoms with Crippen LogP contribution in [0.4, 0.5) is 5.95 Å². The number of benzene rings is 1. The molecule has 1 aliphatic rings. The van der Waals surface area contributed by atoms with Gasteiger partial charge in [-0.3, -0.25) is 9.36 Å². The number of fused-ring (bicyclic) bond motifs is 3. The van der Waals surface area contributed by atoms with Gasteiger partial charge in [-0.25, -0.2) is 4.98 Å². The number of aliphatic hydroxyl groups is 1. The molecule has 1 aliphatic carbocycles. The Balaban J connectivity index is 2.00. The quantitative estimate of drug-likeness (QED) is 0.667. The number of anilines is 1.